The van der Waals surface area contributed by atoms with Gasteiger partial charge in [0.25, 0.3) is 0 Å². The minimum Gasteiger partial charge on any atom is -0.375 e. The van der Waals surface area contributed by atoms with E-state index in [4.69, 9.17) is 4.74 Å². The Hall–Kier alpha value is -1.81. The summed E-state index contributed by atoms with van der Waals surface area (Å²) in [4.78, 5) is 21.3. The van der Waals surface area contributed by atoms with Crippen molar-refractivity contribution in [2.24, 2.45) is 5.92 Å². The molecule has 1 spiro atoms. The van der Waals surface area contributed by atoms with Crippen LogP contribution in [0.2, 0.25) is 0 Å². The molecule has 1 aromatic carbocycles. The number of carbonyl (C=O) groups is 1. The van der Waals surface area contributed by atoms with Gasteiger partial charge in [0.1, 0.15) is 0 Å². The van der Waals surface area contributed by atoms with Crippen LogP contribution in [-0.4, -0.2) is 28.0 Å². The minimum absolute atomic E-state index is 0.00916. The summed E-state index contributed by atoms with van der Waals surface area (Å²) in [6.45, 7) is 0.712. The van der Waals surface area contributed by atoms with E-state index in [0.29, 0.717) is 6.61 Å². The van der Waals surface area contributed by atoms with Gasteiger partial charge in [-0.1, -0.05) is 0 Å². The third kappa shape index (κ3) is 2.23. The largest absolute Gasteiger partial charge is 0.375 e. The summed E-state index contributed by atoms with van der Waals surface area (Å²) in [5.41, 5.74) is 2.38. The fraction of sp³-hybridized carbons (Fsp3) is 0.471. The molecular weight excluding hydrogens is 264 g/mol. The van der Waals surface area contributed by atoms with Gasteiger partial charge in [-0.3, -0.25) is 14.8 Å². The fourth-order valence-corrected chi connectivity index (χ4v) is 3.52. The maximum absolute atomic E-state index is 12.8. The van der Waals surface area contributed by atoms with Crippen molar-refractivity contribution in [2.45, 2.75) is 37.7 Å². The summed E-state index contributed by atoms with van der Waals surface area (Å²) in [6, 6.07) is 5.63. The first kappa shape index (κ1) is 12.9. The van der Waals surface area contributed by atoms with E-state index in [1.54, 1.807) is 12.4 Å². The molecule has 2 fully saturated rings. The van der Waals surface area contributed by atoms with Crippen LogP contribution in [0, 0.1) is 5.92 Å². The number of fused-ring (bicyclic) bond motifs is 1. The molecule has 1 aliphatic heterocycles. The first-order chi connectivity index (χ1) is 10.3. The maximum Gasteiger partial charge on any atom is 0.166 e. The Bertz CT molecular complexity index is 694. The molecule has 1 aromatic heterocycles. The monoisotopic (exact) mass is 282 g/mol. The smallest absolute Gasteiger partial charge is 0.166 e. The molecule has 0 N–H and O–H groups in total. The van der Waals surface area contributed by atoms with E-state index in [0.717, 1.165) is 42.3 Å². The SMILES string of the molecule is O=C(c1ccc2nccnc2c1)C1CCOC2(CCC2)C1. The Balaban J connectivity index is 1.60. The van der Waals surface area contributed by atoms with Crippen LogP contribution in [0.25, 0.3) is 11.0 Å². The van der Waals surface area contributed by atoms with Crippen LogP contribution in [0.4, 0.5) is 0 Å². The molecule has 1 unspecified atom stereocenters. The zero-order chi connectivity index (χ0) is 14.3. The van der Waals surface area contributed by atoms with Gasteiger partial charge in [-0.2, -0.15) is 0 Å². The van der Waals surface area contributed by atoms with Crippen LogP contribution < -0.4 is 0 Å². The molecule has 1 aliphatic carbocycles. The Morgan fingerprint density at radius 2 is 2.00 bits per heavy atom. The van der Waals surface area contributed by atoms with Gasteiger partial charge in [0.05, 0.1) is 16.6 Å². The van der Waals surface area contributed by atoms with Crippen molar-refractivity contribution in [3.63, 3.8) is 0 Å². The molecule has 1 saturated carbocycles. The molecule has 1 saturated heterocycles. The van der Waals surface area contributed by atoms with E-state index in [-0.39, 0.29) is 17.3 Å². The topological polar surface area (TPSA) is 52.1 Å². The fourth-order valence-electron chi connectivity index (χ4n) is 3.52. The predicted molar refractivity (Wildman–Crippen MR) is 79.1 cm³/mol. The number of hydrogen-bond donors (Lipinski definition) is 0. The highest BCUT2D eigenvalue weighted by atomic mass is 16.5. The van der Waals surface area contributed by atoms with E-state index < -0.39 is 0 Å². The second-order valence-electron chi connectivity index (χ2n) is 6.20. The van der Waals surface area contributed by atoms with E-state index in [2.05, 4.69) is 9.97 Å². The number of Topliss-reactive ketones (excluding diaryl/α,β-unsaturated/α-hetero) is 1. The molecule has 4 heteroatoms. The third-order valence-electron chi connectivity index (χ3n) is 4.88. The zero-order valence-corrected chi connectivity index (χ0v) is 11.9. The molecule has 21 heavy (non-hydrogen) atoms. The number of nitrogens with zero attached hydrogens (tertiary/aromatic N) is 2. The lowest BCUT2D eigenvalue weighted by Gasteiger charge is -2.46. The van der Waals surface area contributed by atoms with Gasteiger partial charge in [-0.05, 0) is 50.3 Å². The average molecular weight is 282 g/mol. The molecule has 2 aliphatic rings. The van der Waals surface area contributed by atoms with Crippen LogP contribution >= 0.6 is 0 Å². The lowest BCUT2D eigenvalue weighted by atomic mass is 9.70. The van der Waals surface area contributed by atoms with E-state index >= 15 is 0 Å². The molecule has 4 nitrogen and oxygen atoms in total. The summed E-state index contributed by atoms with van der Waals surface area (Å²) >= 11 is 0. The molecule has 0 radical (unpaired) electrons. The van der Waals surface area contributed by atoms with Crippen LogP contribution in [0.1, 0.15) is 42.5 Å². The number of ketones is 1. The standard InChI is InChI=1S/C17H18N2O2/c20-16(13-4-9-21-17(11-13)5-1-6-17)12-2-3-14-15(10-12)19-8-7-18-14/h2-3,7-8,10,13H,1,4-6,9,11H2. The van der Waals surface area contributed by atoms with Crippen molar-refractivity contribution >= 4 is 16.8 Å². The van der Waals surface area contributed by atoms with Gasteiger partial charge in [0.15, 0.2) is 5.78 Å². The molecule has 0 amide bonds. The number of rotatable bonds is 2. The van der Waals surface area contributed by atoms with Crippen molar-refractivity contribution < 1.29 is 9.53 Å². The molecule has 108 valence electrons. The number of ether oxygens (including phenoxy) is 1. The maximum atomic E-state index is 12.8. The van der Waals surface area contributed by atoms with Crippen molar-refractivity contribution in [1.82, 2.24) is 9.97 Å². The predicted octanol–water partition coefficient (Wildman–Crippen LogP) is 3.16. The van der Waals surface area contributed by atoms with Crippen molar-refractivity contribution in [3.8, 4) is 0 Å². The van der Waals surface area contributed by atoms with Gasteiger partial charge in [-0.25, -0.2) is 0 Å². The van der Waals surface area contributed by atoms with Gasteiger partial charge >= 0.3 is 0 Å². The molecular formula is C17H18N2O2. The van der Waals surface area contributed by atoms with Crippen LogP contribution in [0.15, 0.2) is 30.6 Å². The van der Waals surface area contributed by atoms with Crippen molar-refractivity contribution in [1.29, 1.82) is 0 Å². The van der Waals surface area contributed by atoms with Crippen LogP contribution in [0.3, 0.4) is 0 Å². The molecule has 2 aromatic rings. The number of benzene rings is 1. The lowest BCUT2D eigenvalue weighted by Crippen LogP contribution is -2.47. The molecule has 4 rings (SSSR count). The molecule has 0 bridgehead atoms. The van der Waals surface area contributed by atoms with Crippen molar-refractivity contribution in [2.75, 3.05) is 6.61 Å². The summed E-state index contributed by atoms with van der Waals surface area (Å²) in [7, 11) is 0. The highest BCUT2D eigenvalue weighted by molar-refractivity contribution is 6.00. The number of hydrogen-bond acceptors (Lipinski definition) is 4. The van der Waals surface area contributed by atoms with E-state index in [9.17, 15) is 4.79 Å². The van der Waals surface area contributed by atoms with Crippen LogP contribution in [-0.2, 0) is 4.74 Å². The average Bonchev–Trinajstić information content (AvgIpc) is 2.52. The minimum atomic E-state index is 0.00916. The van der Waals surface area contributed by atoms with Crippen molar-refractivity contribution in [3.05, 3.63) is 36.2 Å². The lowest BCUT2D eigenvalue weighted by molar-refractivity contribution is -0.137. The highest BCUT2D eigenvalue weighted by Gasteiger charge is 2.44. The summed E-state index contributed by atoms with van der Waals surface area (Å²) in [5.74, 6) is 0.324. The number of aromatic nitrogens is 2. The Morgan fingerprint density at radius 3 is 2.76 bits per heavy atom. The van der Waals surface area contributed by atoms with Gasteiger partial charge in [0.2, 0.25) is 0 Å². The quantitative estimate of drug-likeness (QED) is 0.794. The Morgan fingerprint density at radius 1 is 1.19 bits per heavy atom. The van der Waals surface area contributed by atoms with E-state index in [1.165, 1.54) is 6.42 Å². The zero-order valence-electron chi connectivity index (χ0n) is 11.9. The van der Waals surface area contributed by atoms with E-state index in [1.807, 2.05) is 18.2 Å². The second-order valence-corrected chi connectivity index (χ2v) is 6.20. The first-order valence-corrected chi connectivity index (χ1v) is 7.65. The Kier molecular flexibility index (Phi) is 3.00. The highest BCUT2D eigenvalue weighted by Crippen LogP contribution is 2.44. The summed E-state index contributed by atoms with van der Waals surface area (Å²) in [6.07, 6.45) is 8.49. The normalized spacial score (nSPS) is 23.9. The molecule has 2 heterocycles. The van der Waals surface area contributed by atoms with Crippen LogP contribution in [0.5, 0.6) is 0 Å². The summed E-state index contributed by atoms with van der Waals surface area (Å²) in [5, 5.41) is 0. The second kappa shape index (κ2) is 4.88. The third-order valence-corrected chi connectivity index (χ3v) is 4.88. The van der Waals surface area contributed by atoms with Gasteiger partial charge < -0.3 is 4.74 Å². The molecule has 1 atom stereocenters. The van der Waals surface area contributed by atoms with Gasteiger partial charge in [0, 0.05) is 30.5 Å². The summed E-state index contributed by atoms with van der Waals surface area (Å²) < 4.78 is 5.91. The first-order valence-electron chi connectivity index (χ1n) is 7.65. The Labute approximate surface area is 123 Å². The number of carbonyl (C=O) groups excluding carboxylic acids is 1. The van der Waals surface area contributed by atoms with Gasteiger partial charge in [-0.15, -0.1) is 0 Å².